The van der Waals surface area contributed by atoms with E-state index >= 15 is 0 Å². The fourth-order valence-corrected chi connectivity index (χ4v) is 2.11. The first-order valence-electron chi connectivity index (χ1n) is 5.67. The van der Waals surface area contributed by atoms with Crippen molar-refractivity contribution in [3.8, 4) is 0 Å². The topological polar surface area (TPSA) is 32.3 Å². The van der Waals surface area contributed by atoms with E-state index < -0.39 is 5.54 Å². The molecule has 0 saturated carbocycles. The summed E-state index contributed by atoms with van der Waals surface area (Å²) in [5, 5.41) is 13.7. The molecular weight excluding hydrogens is 222 g/mol. The zero-order valence-corrected chi connectivity index (χ0v) is 10.9. The Morgan fingerprint density at radius 2 is 2.06 bits per heavy atom. The first-order chi connectivity index (χ1) is 7.53. The Labute approximate surface area is 103 Å². The van der Waals surface area contributed by atoms with Gasteiger partial charge in [0.15, 0.2) is 0 Å². The second-order valence-corrected chi connectivity index (χ2v) is 4.83. The molecule has 0 heterocycles. The van der Waals surface area contributed by atoms with Crippen molar-refractivity contribution in [2.24, 2.45) is 0 Å². The second kappa shape index (κ2) is 5.67. The largest absolute Gasteiger partial charge is 0.394 e. The van der Waals surface area contributed by atoms with E-state index in [1.165, 1.54) is 0 Å². The van der Waals surface area contributed by atoms with Crippen LogP contribution < -0.4 is 5.32 Å². The molecule has 0 aliphatic heterocycles. The van der Waals surface area contributed by atoms with E-state index in [0.29, 0.717) is 11.1 Å². The lowest BCUT2D eigenvalue weighted by atomic mass is 9.91. The minimum absolute atomic E-state index is 0.0288. The molecule has 1 aromatic rings. The summed E-state index contributed by atoms with van der Waals surface area (Å²) in [4.78, 5) is 0. The van der Waals surface area contributed by atoms with E-state index in [9.17, 15) is 5.11 Å². The zero-order valence-electron chi connectivity index (χ0n) is 10.1. The van der Waals surface area contributed by atoms with Gasteiger partial charge in [-0.1, -0.05) is 36.7 Å². The number of aliphatic hydroxyl groups excluding tert-OH is 1. The Hall–Kier alpha value is -0.570. The Kier molecular flexibility index (Phi) is 4.78. The lowest BCUT2D eigenvalue weighted by Gasteiger charge is -2.33. The molecule has 90 valence electrons. The Balaban J connectivity index is 3.00. The monoisotopic (exact) mass is 241 g/mol. The molecule has 0 fully saturated rings. The van der Waals surface area contributed by atoms with Gasteiger partial charge in [0, 0.05) is 11.1 Å². The predicted molar refractivity (Wildman–Crippen MR) is 68.8 cm³/mol. The van der Waals surface area contributed by atoms with Gasteiger partial charge in [-0.05, 0) is 31.9 Å². The lowest BCUT2D eigenvalue weighted by molar-refractivity contribution is 0.162. The number of halogens is 1. The third-order valence-corrected chi connectivity index (χ3v) is 3.29. The maximum atomic E-state index is 9.59. The van der Waals surface area contributed by atoms with Crippen LogP contribution in [-0.4, -0.2) is 17.8 Å². The van der Waals surface area contributed by atoms with Crippen molar-refractivity contribution in [2.75, 3.05) is 6.61 Å². The van der Waals surface area contributed by atoms with Crippen molar-refractivity contribution in [1.29, 1.82) is 0 Å². The highest BCUT2D eigenvalue weighted by atomic mass is 35.5. The summed E-state index contributed by atoms with van der Waals surface area (Å²) in [6.45, 7) is 6.22. The summed E-state index contributed by atoms with van der Waals surface area (Å²) in [6, 6.07) is 7.98. The van der Waals surface area contributed by atoms with Crippen LogP contribution in [0.25, 0.3) is 0 Å². The maximum absolute atomic E-state index is 9.59. The van der Waals surface area contributed by atoms with Gasteiger partial charge < -0.3 is 10.4 Å². The maximum Gasteiger partial charge on any atom is 0.0657 e. The molecule has 16 heavy (non-hydrogen) atoms. The summed E-state index contributed by atoms with van der Waals surface area (Å²) in [5.41, 5.74) is 0.466. The Morgan fingerprint density at radius 3 is 2.56 bits per heavy atom. The van der Waals surface area contributed by atoms with Crippen LogP contribution >= 0.6 is 11.6 Å². The van der Waals surface area contributed by atoms with Gasteiger partial charge in [0.2, 0.25) is 0 Å². The lowest BCUT2D eigenvalue weighted by Crippen LogP contribution is -2.47. The molecule has 0 radical (unpaired) electrons. The van der Waals surface area contributed by atoms with Crippen molar-refractivity contribution in [2.45, 2.75) is 38.8 Å². The van der Waals surface area contributed by atoms with Gasteiger partial charge in [-0.3, -0.25) is 0 Å². The zero-order chi connectivity index (χ0) is 12.2. The second-order valence-electron chi connectivity index (χ2n) is 4.42. The molecule has 1 rings (SSSR count). The van der Waals surface area contributed by atoms with Crippen LogP contribution in [0.5, 0.6) is 0 Å². The van der Waals surface area contributed by atoms with Crippen LogP contribution in [0.4, 0.5) is 0 Å². The Bertz CT molecular complexity index is 342. The van der Waals surface area contributed by atoms with E-state index in [2.05, 4.69) is 19.2 Å². The van der Waals surface area contributed by atoms with E-state index in [0.717, 1.165) is 12.0 Å². The van der Waals surface area contributed by atoms with Crippen molar-refractivity contribution >= 4 is 11.6 Å². The number of rotatable bonds is 5. The molecule has 0 bridgehead atoms. The van der Waals surface area contributed by atoms with Gasteiger partial charge in [-0.25, -0.2) is 0 Å². The van der Waals surface area contributed by atoms with Crippen LogP contribution in [0.2, 0.25) is 5.02 Å². The smallest absolute Gasteiger partial charge is 0.0657 e. The number of aliphatic hydroxyl groups is 1. The minimum atomic E-state index is -0.478. The molecular formula is C13H20ClNO. The van der Waals surface area contributed by atoms with Crippen LogP contribution in [0.15, 0.2) is 24.3 Å². The van der Waals surface area contributed by atoms with Crippen molar-refractivity contribution in [1.82, 2.24) is 5.32 Å². The quantitative estimate of drug-likeness (QED) is 0.831. The van der Waals surface area contributed by atoms with E-state index in [1.807, 2.05) is 31.2 Å². The van der Waals surface area contributed by atoms with Gasteiger partial charge in [0.25, 0.3) is 0 Å². The molecule has 3 heteroatoms. The molecule has 0 amide bonds. The summed E-state index contributed by atoms with van der Waals surface area (Å²) in [6.07, 6.45) is 1.01. The molecule has 0 saturated heterocycles. The van der Waals surface area contributed by atoms with Crippen molar-refractivity contribution in [3.63, 3.8) is 0 Å². The third kappa shape index (κ3) is 2.97. The van der Waals surface area contributed by atoms with Gasteiger partial charge in [-0.15, -0.1) is 0 Å². The average molecular weight is 242 g/mol. The predicted octanol–water partition coefficient (Wildman–Crippen LogP) is 2.94. The number of nitrogens with one attached hydrogen (secondary N) is 1. The molecule has 2 nitrogen and oxygen atoms in total. The summed E-state index contributed by atoms with van der Waals surface area (Å²) < 4.78 is 0. The number of hydrogen-bond donors (Lipinski definition) is 2. The van der Waals surface area contributed by atoms with Gasteiger partial charge in [0.05, 0.1) is 12.1 Å². The molecule has 0 spiro atoms. The molecule has 0 aliphatic carbocycles. The fourth-order valence-electron chi connectivity index (χ4n) is 1.76. The highest BCUT2D eigenvalue weighted by molar-refractivity contribution is 6.31. The molecule has 2 unspecified atom stereocenters. The minimum Gasteiger partial charge on any atom is -0.394 e. The SMILES string of the molecule is CCC(C)NC(C)(CO)c1ccccc1Cl. The first-order valence-corrected chi connectivity index (χ1v) is 6.05. The molecule has 2 N–H and O–H groups in total. The van der Waals surface area contributed by atoms with E-state index in [-0.39, 0.29) is 6.61 Å². The van der Waals surface area contributed by atoms with Crippen molar-refractivity contribution < 1.29 is 5.11 Å². The summed E-state index contributed by atoms with van der Waals surface area (Å²) in [7, 11) is 0. The normalized spacial score (nSPS) is 16.8. The van der Waals surface area contributed by atoms with E-state index in [1.54, 1.807) is 0 Å². The fraction of sp³-hybridized carbons (Fsp3) is 0.538. The number of hydrogen-bond acceptors (Lipinski definition) is 2. The third-order valence-electron chi connectivity index (χ3n) is 2.96. The molecule has 2 atom stereocenters. The standard InChI is InChI=1S/C13H20ClNO/c1-4-10(2)15-13(3,9-16)11-7-5-6-8-12(11)14/h5-8,10,15-16H,4,9H2,1-3H3. The summed E-state index contributed by atoms with van der Waals surface area (Å²) >= 11 is 6.16. The average Bonchev–Trinajstić information content (AvgIpc) is 2.29. The van der Waals surface area contributed by atoms with Crippen LogP contribution in [-0.2, 0) is 5.54 Å². The van der Waals surface area contributed by atoms with Crippen LogP contribution in [0.3, 0.4) is 0 Å². The van der Waals surface area contributed by atoms with Gasteiger partial charge in [0.1, 0.15) is 0 Å². The Morgan fingerprint density at radius 1 is 1.44 bits per heavy atom. The van der Waals surface area contributed by atoms with Gasteiger partial charge >= 0.3 is 0 Å². The van der Waals surface area contributed by atoms with Crippen LogP contribution in [0, 0.1) is 0 Å². The molecule has 0 aliphatic rings. The highest BCUT2D eigenvalue weighted by Crippen LogP contribution is 2.28. The van der Waals surface area contributed by atoms with Crippen molar-refractivity contribution in [3.05, 3.63) is 34.9 Å². The first kappa shape index (κ1) is 13.5. The molecule has 1 aromatic carbocycles. The highest BCUT2D eigenvalue weighted by Gasteiger charge is 2.28. The summed E-state index contributed by atoms with van der Waals surface area (Å²) in [5.74, 6) is 0. The van der Waals surface area contributed by atoms with Crippen LogP contribution in [0.1, 0.15) is 32.8 Å². The van der Waals surface area contributed by atoms with E-state index in [4.69, 9.17) is 11.6 Å². The molecule has 0 aromatic heterocycles. The number of benzene rings is 1. The van der Waals surface area contributed by atoms with Gasteiger partial charge in [-0.2, -0.15) is 0 Å².